The van der Waals surface area contributed by atoms with Crippen molar-refractivity contribution < 1.29 is 9.59 Å². The molecule has 2 heteroatoms. The van der Waals surface area contributed by atoms with Crippen molar-refractivity contribution >= 4 is 17.1 Å². The highest BCUT2D eigenvalue weighted by Gasteiger charge is 2.42. The van der Waals surface area contributed by atoms with E-state index in [0.29, 0.717) is 24.0 Å². The van der Waals surface area contributed by atoms with Gasteiger partial charge in [0.25, 0.3) is 0 Å². The molecule has 2 atom stereocenters. The molecule has 2 aliphatic carbocycles. The van der Waals surface area contributed by atoms with Crippen LogP contribution in [-0.4, -0.2) is 11.6 Å². The molecule has 22 heavy (non-hydrogen) atoms. The predicted octanol–water partition coefficient (Wildman–Crippen LogP) is 4.18. The van der Waals surface area contributed by atoms with E-state index >= 15 is 0 Å². The van der Waals surface area contributed by atoms with Crippen molar-refractivity contribution in [2.24, 2.45) is 11.8 Å². The molecule has 2 aromatic carbocycles. The van der Waals surface area contributed by atoms with Gasteiger partial charge in [-0.3, -0.25) is 9.59 Å². The predicted molar refractivity (Wildman–Crippen MR) is 85.7 cm³/mol. The number of fused-ring (bicyclic) bond motifs is 2. The van der Waals surface area contributed by atoms with Crippen molar-refractivity contribution in [3.63, 3.8) is 0 Å². The first-order valence-corrected chi connectivity index (χ1v) is 7.67. The van der Waals surface area contributed by atoms with Crippen LogP contribution in [0.3, 0.4) is 0 Å². The minimum Gasteiger partial charge on any atom is -0.294 e. The van der Waals surface area contributed by atoms with Gasteiger partial charge in [0.2, 0.25) is 0 Å². The maximum Gasteiger partial charge on any atom is 0.167 e. The first-order chi connectivity index (χ1) is 10.8. The molecule has 0 spiro atoms. The first kappa shape index (κ1) is 13.2. The van der Waals surface area contributed by atoms with Gasteiger partial charge in [-0.05, 0) is 24.0 Å². The number of hydrogen-bond donors (Lipinski definition) is 0. The van der Waals surface area contributed by atoms with E-state index in [1.54, 1.807) is 12.1 Å². The van der Waals surface area contributed by atoms with Crippen LogP contribution in [0.1, 0.15) is 39.1 Å². The van der Waals surface area contributed by atoms with Crippen LogP contribution in [0.4, 0.5) is 0 Å². The molecule has 0 saturated carbocycles. The Bertz CT molecular complexity index is 786. The number of allylic oxidation sites excluding steroid dienone is 2. The zero-order chi connectivity index (χ0) is 15.1. The molecule has 2 aliphatic rings. The molecule has 0 unspecified atom stereocenters. The van der Waals surface area contributed by atoms with E-state index in [1.807, 2.05) is 30.3 Å². The molecule has 0 radical (unpaired) electrons. The summed E-state index contributed by atoms with van der Waals surface area (Å²) in [4.78, 5) is 25.5. The van der Waals surface area contributed by atoms with Gasteiger partial charge in [-0.15, -0.1) is 0 Å². The lowest BCUT2D eigenvalue weighted by Gasteiger charge is -2.34. The number of rotatable bonds is 1. The SMILES string of the molecule is O=C1c2ccccc2C(=O)[C@@H]2CC(c3ccccc3)=CC[C@H]12. The lowest BCUT2D eigenvalue weighted by Crippen LogP contribution is -2.38. The summed E-state index contributed by atoms with van der Waals surface area (Å²) in [5, 5.41) is 0. The Morgan fingerprint density at radius 3 is 2.00 bits per heavy atom. The van der Waals surface area contributed by atoms with Crippen molar-refractivity contribution in [2.75, 3.05) is 0 Å². The van der Waals surface area contributed by atoms with Gasteiger partial charge in [-0.1, -0.05) is 60.7 Å². The van der Waals surface area contributed by atoms with E-state index in [1.165, 1.54) is 5.57 Å². The second-order valence-corrected chi connectivity index (χ2v) is 6.02. The van der Waals surface area contributed by atoms with Gasteiger partial charge in [0.05, 0.1) is 0 Å². The summed E-state index contributed by atoms with van der Waals surface area (Å²) in [5.74, 6) is -0.136. The van der Waals surface area contributed by atoms with Crippen LogP contribution in [0.2, 0.25) is 0 Å². The van der Waals surface area contributed by atoms with E-state index in [4.69, 9.17) is 0 Å². The van der Waals surface area contributed by atoms with Crippen LogP contribution in [0.15, 0.2) is 60.7 Å². The topological polar surface area (TPSA) is 34.1 Å². The molecule has 108 valence electrons. The van der Waals surface area contributed by atoms with E-state index in [-0.39, 0.29) is 23.4 Å². The Kier molecular flexibility index (Phi) is 3.04. The molecule has 0 amide bonds. The molecule has 0 bridgehead atoms. The zero-order valence-corrected chi connectivity index (χ0v) is 12.2. The Morgan fingerprint density at radius 1 is 0.727 bits per heavy atom. The average molecular weight is 288 g/mol. The van der Waals surface area contributed by atoms with Crippen LogP contribution in [0.5, 0.6) is 0 Å². The fraction of sp³-hybridized carbons (Fsp3) is 0.200. The number of carbonyl (C=O) groups is 2. The summed E-state index contributed by atoms with van der Waals surface area (Å²) in [6.07, 6.45) is 3.46. The Morgan fingerprint density at radius 2 is 1.32 bits per heavy atom. The number of Topliss-reactive ketones (excluding diaryl/α,β-unsaturated/α-hetero) is 2. The average Bonchev–Trinajstić information content (AvgIpc) is 2.60. The zero-order valence-electron chi connectivity index (χ0n) is 12.2. The minimum atomic E-state index is -0.206. The number of ketones is 2. The first-order valence-electron chi connectivity index (χ1n) is 7.67. The molecular weight excluding hydrogens is 272 g/mol. The molecule has 0 aliphatic heterocycles. The summed E-state index contributed by atoms with van der Waals surface area (Å²) in [5.41, 5.74) is 3.54. The molecule has 0 fully saturated rings. The summed E-state index contributed by atoms with van der Waals surface area (Å²) in [6, 6.07) is 17.4. The monoisotopic (exact) mass is 288 g/mol. The summed E-state index contributed by atoms with van der Waals surface area (Å²) < 4.78 is 0. The maximum absolute atomic E-state index is 12.8. The fourth-order valence-corrected chi connectivity index (χ4v) is 3.66. The molecule has 0 saturated heterocycles. The Balaban J connectivity index is 1.73. The largest absolute Gasteiger partial charge is 0.294 e. The van der Waals surface area contributed by atoms with Gasteiger partial charge in [-0.2, -0.15) is 0 Å². The second-order valence-electron chi connectivity index (χ2n) is 6.02. The third-order valence-electron chi connectivity index (χ3n) is 4.82. The van der Waals surface area contributed by atoms with E-state index in [9.17, 15) is 9.59 Å². The van der Waals surface area contributed by atoms with Crippen molar-refractivity contribution in [1.82, 2.24) is 0 Å². The normalized spacial score (nSPS) is 23.5. The fourth-order valence-electron chi connectivity index (χ4n) is 3.66. The van der Waals surface area contributed by atoms with Crippen LogP contribution >= 0.6 is 0 Å². The lowest BCUT2D eigenvalue weighted by molar-refractivity contribution is 0.0732. The highest BCUT2D eigenvalue weighted by Crippen LogP contribution is 2.41. The van der Waals surface area contributed by atoms with Crippen LogP contribution in [0.25, 0.3) is 5.57 Å². The number of benzene rings is 2. The standard InChI is InChI=1S/C20H16O2/c21-19-15-8-4-5-9-16(15)20(22)18-12-14(10-11-17(18)19)13-6-2-1-3-7-13/h1-10,17-18H,11-12H2/t17-,18+/m0/s1. The molecule has 0 N–H and O–H groups in total. The lowest BCUT2D eigenvalue weighted by atomic mass is 9.67. The highest BCUT2D eigenvalue weighted by molar-refractivity contribution is 6.16. The molecule has 0 heterocycles. The van der Waals surface area contributed by atoms with Crippen LogP contribution in [0, 0.1) is 11.8 Å². The Hall–Kier alpha value is -2.48. The van der Waals surface area contributed by atoms with E-state index in [2.05, 4.69) is 18.2 Å². The third-order valence-corrected chi connectivity index (χ3v) is 4.82. The summed E-state index contributed by atoms with van der Waals surface area (Å²) >= 11 is 0. The highest BCUT2D eigenvalue weighted by atomic mass is 16.1. The molecule has 0 aromatic heterocycles. The van der Waals surface area contributed by atoms with Crippen molar-refractivity contribution in [3.8, 4) is 0 Å². The summed E-state index contributed by atoms with van der Waals surface area (Å²) in [6.45, 7) is 0. The third kappa shape index (κ3) is 1.95. The van der Waals surface area contributed by atoms with E-state index in [0.717, 1.165) is 5.56 Å². The van der Waals surface area contributed by atoms with Gasteiger partial charge in [0.1, 0.15) is 0 Å². The molecular formula is C20H16O2. The van der Waals surface area contributed by atoms with Crippen molar-refractivity contribution in [2.45, 2.75) is 12.8 Å². The van der Waals surface area contributed by atoms with E-state index < -0.39 is 0 Å². The molecule has 4 rings (SSSR count). The maximum atomic E-state index is 12.8. The van der Waals surface area contributed by atoms with Gasteiger partial charge < -0.3 is 0 Å². The number of carbonyl (C=O) groups excluding carboxylic acids is 2. The summed E-state index contributed by atoms with van der Waals surface area (Å²) in [7, 11) is 0. The van der Waals surface area contributed by atoms with Crippen molar-refractivity contribution in [1.29, 1.82) is 0 Å². The van der Waals surface area contributed by atoms with Gasteiger partial charge in [0, 0.05) is 23.0 Å². The smallest absolute Gasteiger partial charge is 0.167 e. The van der Waals surface area contributed by atoms with Gasteiger partial charge in [-0.25, -0.2) is 0 Å². The molecule has 2 aromatic rings. The van der Waals surface area contributed by atoms with Gasteiger partial charge in [0.15, 0.2) is 11.6 Å². The van der Waals surface area contributed by atoms with Gasteiger partial charge >= 0.3 is 0 Å². The van der Waals surface area contributed by atoms with Crippen LogP contribution < -0.4 is 0 Å². The Labute approximate surface area is 129 Å². The number of hydrogen-bond acceptors (Lipinski definition) is 2. The minimum absolute atomic E-state index is 0.127. The van der Waals surface area contributed by atoms with Crippen molar-refractivity contribution in [3.05, 3.63) is 77.4 Å². The quantitative estimate of drug-likeness (QED) is 0.789. The second kappa shape index (κ2) is 5.06. The van der Waals surface area contributed by atoms with Crippen LogP contribution in [-0.2, 0) is 0 Å². The molecule has 2 nitrogen and oxygen atoms in total.